The molecule has 1 saturated carbocycles. The number of carbonyl (C=O) groups excluding carboxylic acids is 1. The van der Waals surface area contributed by atoms with Gasteiger partial charge in [-0.25, -0.2) is 0 Å². The summed E-state index contributed by atoms with van der Waals surface area (Å²) in [5.41, 5.74) is 6.89. The fraction of sp³-hybridized carbons (Fsp3) is 0.533. The van der Waals surface area contributed by atoms with E-state index in [2.05, 4.69) is 5.32 Å². The second-order valence-corrected chi connectivity index (χ2v) is 5.16. The van der Waals surface area contributed by atoms with Crippen LogP contribution < -0.4 is 11.1 Å². The van der Waals surface area contributed by atoms with Crippen LogP contribution in [0.25, 0.3) is 0 Å². The van der Waals surface area contributed by atoms with Crippen molar-refractivity contribution in [2.45, 2.75) is 25.7 Å². The molecule has 1 aliphatic rings. The molecule has 0 spiro atoms. The smallest absolute Gasteiger partial charge is 0.224 e. The zero-order valence-corrected chi connectivity index (χ0v) is 10.8. The molecule has 0 aromatic heterocycles. The number of nitrogens with two attached hydrogens (primary N) is 1. The van der Waals surface area contributed by atoms with E-state index in [-0.39, 0.29) is 11.8 Å². The molecule has 0 aliphatic heterocycles. The van der Waals surface area contributed by atoms with Gasteiger partial charge in [0.1, 0.15) is 0 Å². The van der Waals surface area contributed by atoms with Gasteiger partial charge in [0.2, 0.25) is 5.91 Å². The van der Waals surface area contributed by atoms with Gasteiger partial charge in [0.15, 0.2) is 0 Å². The summed E-state index contributed by atoms with van der Waals surface area (Å²) in [5, 5.41) is 3.04. The lowest BCUT2D eigenvalue weighted by Gasteiger charge is -2.26. The monoisotopic (exact) mass is 246 g/mol. The average molecular weight is 246 g/mol. The minimum absolute atomic E-state index is 0.104. The van der Waals surface area contributed by atoms with Crippen LogP contribution in [0.1, 0.15) is 24.8 Å². The van der Waals surface area contributed by atoms with Gasteiger partial charge in [0, 0.05) is 13.1 Å². The van der Waals surface area contributed by atoms with E-state index in [9.17, 15) is 4.79 Å². The van der Waals surface area contributed by atoms with Crippen molar-refractivity contribution in [3.8, 4) is 0 Å². The van der Waals surface area contributed by atoms with Crippen LogP contribution in [0.3, 0.4) is 0 Å². The van der Waals surface area contributed by atoms with E-state index in [1.54, 1.807) is 0 Å². The van der Waals surface area contributed by atoms with E-state index in [1.807, 2.05) is 30.3 Å². The summed E-state index contributed by atoms with van der Waals surface area (Å²) in [6, 6.07) is 10.1. The van der Waals surface area contributed by atoms with Crippen LogP contribution in [-0.2, 0) is 11.2 Å². The van der Waals surface area contributed by atoms with Gasteiger partial charge in [-0.05, 0) is 30.7 Å². The van der Waals surface area contributed by atoms with Gasteiger partial charge in [-0.1, -0.05) is 36.8 Å². The van der Waals surface area contributed by atoms with Gasteiger partial charge < -0.3 is 11.1 Å². The third-order valence-corrected chi connectivity index (χ3v) is 3.77. The largest absolute Gasteiger partial charge is 0.356 e. The number of rotatable bonds is 6. The van der Waals surface area contributed by atoms with Crippen molar-refractivity contribution in [3.05, 3.63) is 35.9 Å². The van der Waals surface area contributed by atoms with Crippen molar-refractivity contribution in [1.29, 1.82) is 0 Å². The fourth-order valence-corrected chi connectivity index (χ4v) is 2.27. The van der Waals surface area contributed by atoms with Gasteiger partial charge in [-0.15, -0.1) is 0 Å². The van der Waals surface area contributed by atoms with Crippen molar-refractivity contribution in [1.82, 2.24) is 5.32 Å². The van der Waals surface area contributed by atoms with Gasteiger partial charge in [0.25, 0.3) is 0 Å². The zero-order valence-electron chi connectivity index (χ0n) is 10.8. The van der Waals surface area contributed by atoms with E-state index in [0.29, 0.717) is 12.5 Å². The Morgan fingerprint density at radius 3 is 2.61 bits per heavy atom. The first kappa shape index (κ1) is 13.1. The number of hydrogen-bond acceptors (Lipinski definition) is 2. The molecular weight excluding hydrogens is 224 g/mol. The highest BCUT2D eigenvalue weighted by Crippen LogP contribution is 2.25. The van der Waals surface area contributed by atoms with Crippen molar-refractivity contribution in [3.63, 3.8) is 0 Å². The summed E-state index contributed by atoms with van der Waals surface area (Å²) in [4.78, 5) is 12.0. The van der Waals surface area contributed by atoms with Crippen molar-refractivity contribution in [2.24, 2.45) is 17.6 Å². The molecule has 1 amide bonds. The summed E-state index contributed by atoms with van der Waals surface area (Å²) in [5.74, 6) is 0.699. The lowest BCUT2D eigenvalue weighted by molar-refractivity contribution is -0.125. The molecule has 18 heavy (non-hydrogen) atoms. The second-order valence-electron chi connectivity index (χ2n) is 5.16. The highest BCUT2D eigenvalue weighted by Gasteiger charge is 2.21. The normalized spacial score (nSPS) is 16.9. The number of benzene rings is 1. The predicted octanol–water partition coefficient (Wildman–Crippen LogP) is 1.72. The maximum Gasteiger partial charge on any atom is 0.224 e. The molecule has 0 bridgehead atoms. The Morgan fingerprint density at radius 1 is 1.33 bits per heavy atom. The predicted molar refractivity (Wildman–Crippen MR) is 73.0 cm³/mol. The van der Waals surface area contributed by atoms with Crippen LogP contribution in [0, 0.1) is 11.8 Å². The maximum absolute atomic E-state index is 12.0. The Labute approximate surface area is 109 Å². The third kappa shape index (κ3) is 3.57. The number of carbonyl (C=O) groups is 1. The van der Waals surface area contributed by atoms with Gasteiger partial charge >= 0.3 is 0 Å². The standard InChI is InChI=1S/C15H22N2O/c16-10-14(9-12-5-2-1-3-6-12)15(18)17-11-13-7-4-8-13/h1-3,5-6,13-14H,4,7-11,16H2,(H,17,18). The highest BCUT2D eigenvalue weighted by atomic mass is 16.1. The molecule has 1 aromatic rings. The summed E-state index contributed by atoms with van der Waals surface area (Å²) in [6.45, 7) is 1.23. The van der Waals surface area contributed by atoms with Crippen LogP contribution >= 0.6 is 0 Å². The quantitative estimate of drug-likeness (QED) is 0.803. The molecule has 1 unspecified atom stereocenters. The van der Waals surface area contributed by atoms with Crippen LogP contribution in [-0.4, -0.2) is 19.0 Å². The Kier molecular flexibility index (Phi) is 4.76. The lowest BCUT2D eigenvalue weighted by atomic mass is 9.85. The summed E-state index contributed by atoms with van der Waals surface area (Å²) < 4.78 is 0. The molecule has 98 valence electrons. The average Bonchev–Trinajstić information content (AvgIpc) is 2.35. The van der Waals surface area contributed by atoms with Crippen LogP contribution in [0.5, 0.6) is 0 Å². The van der Waals surface area contributed by atoms with Gasteiger partial charge in [-0.2, -0.15) is 0 Å². The Morgan fingerprint density at radius 2 is 2.06 bits per heavy atom. The zero-order chi connectivity index (χ0) is 12.8. The summed E-state index contributed by atoms with van der Waals surface area (Å²) in [7, 11) is 0. The van der Waals surface area contributed by atoms with Crippen molar-refractivity contribution < 1.29 is 4.79 Å². The van der Waals surface area contributed by atoms with Gasteiger partial charge in [0.05, 0.1) is 5.92 Å². The first-order valence-electron chi connectivity index (χ1n) is 6.81. The minimum Gasteiger partial charge on any atom is -0.356 e. The van der Waals surface area contributed by atoms with E-state index in [4.69, 9.17) is 5.73 Å². The first-order chi connectivity index (χ1) is 8.79. The molecule has 3 heteroatoms. The van der Waals surface area contributed by atoms with E-state index >= 15 is 0 Å². The SMILES string of the molecule is NCC(Cc1ccccc1)C(=O)NCC1CCC1. The van der Waals surface area contributed by atoms with E-state index in [1.165, 1.54) is 24.8 Å². The van der Waals surface area contributed by atoms with Crippen molar-refractivity contribution in [2.75, 3.05) is 13.1 Å². The Balaban J connectivity index is 1.81. The van der Waals surface area contributed by atoms with Crippen molar-refractivity contribution >= 4 is 5.91 Å². The minimum atomic E-state index is -0.104. The molecular formula is C15H22N2O. The molecule has 0 heterocycles. The van der Waals surface area contributed by atoms with Crippen LogP contribution in [0.4, 0.5) is 0 Å². The summed E-state index contributed by atoms with van der Waals surface area (Å²) >= 11 is 0. The van der Waals surface area contributed by atoms with Gasteiger partial charge in [-0.3, -0.25) is 4.79 Å². The molecule has 3 N–H and O–H groups in total. The number of nitrogens with one attached hydrogen (secondary N) is 1. The number of amides is 1. The van der Waals surface area contributed by atoms with Crippen LogP contribution in [0.15, 0.2) is 30.3 Å². The van der Waals surface area contributed by atoms with Crippen LogP contribution in [0.2, 0.25) is 0 Å². The molecule has 3 nitrogen and oxygen atoms in total. The van der Waals surface area contributed by atoms with E-state index < -0.39 is 0 Å². The Bertz CT molecular complexity index is 373. The third-order valence-electron chi connectivity index (χ3n) is 3.77. The molecule has 0 radical (unpaired) electrons. The Hall–Kier alpha value is -1.35. The molecule has 0 saturated heterocycles. The van der Waals surface area contributed by atoms with E-state index in [0.717, 1.165) is 13.0 Å². The molecule has 2 rings (SSSR count). The maximum atomic E-state index is 12.0. The number of hydrogen-bond donors (Lipinski definition) is 2. The summed E-state index contributed by atoms with van der Waals surface area (Å²) in [6.07, 6.45) is 4.55. The molecule has 1 fully saturated rings. The highest BCUT2D eigenvalue weighted by molar-refractivity contribution is 5.79. The second kappa shape index (κ2) is 6.55. The molecule has 1 atom stereocenters. The molecule has 1 aliphatic carbocycles. The topological polar surface area (TPSA) is 55.1 Å². The lowest BCUT2D eigenvalue weighted by Crippen LogP contribution is -2.39. The molecule has 1 aromatic carbocycles. The fourth-order valence-electron chi connectivity index (χ4n) is 2.27. The first-order valence-corrected chi connectivity index (χ1v) is 6.81.